The summed E-state index contributed by atoms with van der Waals surface area (Å²) in [5, 5.41) is 8.73. The highest BCUT2D eigenvalue weighted by molar-refractivity contribution is 7.89. The summed E-state index contributed by atoms with van der Waals surface area (Å²) in [6.07, 6.45) is 0. The number of nitrogens with zero attached hydrogens (tertiary/aromatic N) is 1. The molecule has 1 amide bonds. The Labute approximate surface area is 190 Å². The van der Waals surface area contributed by atoms with Gasteiger partial charge in [-0.05, 0) is 60.7 Å². The fourth-order valence-electron chi connectivity index (χ4n) is 2.83. The third kappa shape index (κ3) is 5.27. The maximum atomic E-state index is 12.7. The van der Waals surface area contributed by atoms with Crippen molar-refractivity contribution in [1.82, 2.24) is 4.83 Å². The second-order valence-electron chi connectivity index (χ2n) is 6.77. The van der Waals surface area contributed by atoms with E-state index in [4.69, 9.17) is 9.47 Å². The lowest BCUT2D eigenvalue weighted by Crippen LogP contribution is -2.20. The van der Waals surface area contributed by atoms with E-state index in [1.165, 1.54) is 43.8 Å². The molecule has 3 rings (SSSR count). The van der Waals surface area contributed by atoms with Crippen LogP contribution in [0.4, 0.5) is 5.69 Å². The van der Waals surface area contributed by atoms with Crippen LogP contribution < -0.4 is 19.6 Å². The van der Waals surface area contributed by atoms with Gasteiger partial charge in [-0.3, -0.25) is 4.79 Å². The number of hydrazone groups is 1. The SMILES string of the molecule is COc1ccc(S(=O)(=O)N/N=C(\C)c2ccc(NC(=O)c3sccc3C)cc2)c(OC)c1. The maximum absolute atomic E-state index is 12.7. The van der Waals surface area contributed by atoms with Crippen LogP contribution in [0.1, 0.15) is 27.7 Å². The number of hydrogen-bond donors (Lipinski definition) is 2. The molecule has 0 aliphatic carbocycles. The molecule has 168 valence electrons. The van der Waals surface area contributed by atoms with Gasteiger partial charge >= 0.3 is 0 Å². The molecule has 1 aromatic heterocycles. The molecule has 0 unspecified atom stereocenters. The Hall–Kier alpha value is -3.37. The van der Waals surface area contributed by atoms with E-state index in [2.05, 4.69) is 15.2 Å². The van der Waals surface area contributed by atoms with Gasteiger partial charge in [-0.25, -0.2) is 0 Å². The number of rotatable bonds is 8. The third-order valence-corrected chi connectivity index (χ3v) is 6.89. The molecule has 0 spiro atoms. The highest BCUT2D eigenvalue weighted by Gasteiger charge is 2.20. The van der Waals surface area contributed by atoms with E-state index in [-0.39, 0.29) is 16.6 Å². The largest absolute Gasteiger partial charge is 0.497 e. The Morgan fingerprint density at radius 2 is 1.75 bits per heavy atom. The number of hydrogen-bond acceptors (Lipinski definition) is 7. The normalized spacial score (nSPS) is 11.7. The summed E-state index contributed by atoms with van der Waals surface area (Å²) in [6.45, 7) is 3.56. The number of methoxy groups -OCH3 is 2. The molecular weight excluding hydrogens is 450 g/mol. The molecule has 0 saturated carbocycles. The molecule has 0 aliphatic rings. The first-order chi connectivity index (χ1) is 15.2. The average molecular weight is 474 g/mol. The van der Waals surface area contributed by atoms with Gasteiger partial charge in [-0.1, -0.05) is 12.1 Å². The quantitative estimate of drug-likeness (QED) is 0.380. The van der Waals surface area contributed by atoms with Gasteiger partial charge in [0.15, 0.2) is 0 Å². The number of carbonyl (C=O) groups excluding carboxylic acids is 1. The van der Waals surface area contributed by atoms with Crippen molar-refractivity contribution in [2.75, 3.05) is 19.5 Å². The van der Waals surface area contributed by atoms with Gasteiger partial charge in [0.05, 0.1) is 24.8 Å². The molecule has 0 fully saturated rings. The highest BCUT2D eigenvalue weighted by Crippen LogP contribution is 2.28. The van der Waals surface area contributed by atoms with Gasteiger partial charge in [0.2, 0.25) is 0 Å². The lowest BCUT2D eigenvalue weighted by Gasteiger charge is -2.11. The lowest BCUT2D eigenvalue weighted by molar-refractivity contribution is 0.103. The molecule has 0 radical (unpaired) electrons. The van der Waals surface area contributed by atoms with Crippen molar-refractivity contribution < 1.29 is 22.7 Å². The molecule has 0 saturated heterocycles. The Bertz CT molecular complexity index is 1250. The first kappa shape index (κ1) is 23.3. The van der Waals surface area contributed by atoms with Crippen LogP contribution in [0.25, 0.3) is 0 Å². The first-order valence-electron chi connectivity index (χ1n) is 9.49. The van der Waals surface area contributed by atoms with Crippen LogP contribution in [0.15, 0.2) is 63.9 Å². The van der Waals surface area contributed by atoms with Gasteiger partial charge in [0.1, 0.15) is 16.4 Å². The summed E-state index contributed by atoms with van der Waals surface area (Å²) in [6, 6.07) is 13.2. The van der Waals surface area contributed by atoms with Gasteiger partial charge in [-0.2, -0.15) is 18.4 Å². The number of amides is 1. The van der Waals surface area contributed by atoms with E-state index in [0.717, 1.165) is 5.56 Å². The molecule has 32 heavy (non-hydrogen) atoms. The molecule has 10 heteroatoms. The monoisotopic (exact) mass is 473 g/mol. The van der Waals surface area contributed by atoms with Crippen molar-refractivity contribution in [3.63, 3.8) is 0 Å². The van der Waals surface area contributed by atoms with E-state index < -0.39 is 10.0 Å². The number of ether oxygens (including phenoxy) is 2. The molecule has 2 N–H and O–H groups in total. The Morgan fingerprint density at radius 3 is 2.34 bits per heavy atom. The number of thiophene rings is 1. The fraction of sp³-hybridized carbons (Fsp3) is 0.182. The minimum Gasteiger partial charge on any atom is -0.497 e. The summed E-state index contributed by atoms with van der Waals surface area (Å²) in [4.78, 5) is 15.2. The third-order valence-electron chi connectivity index (χ3n) is 4.62. The summed E-state index contributed by atoms with van der Waals surface area (Å²) in [7, 11) is -1.10. The lowest BCUT2D eigenvalue weighted by atomic mass is 10.1. The van der Waals surface area contributed by atoms with Crippen LogP contribution in [0.3, 0.4) is 0 Å². The standard InChI is InChI=1S/C22H23N3O5S2/c1-14-11-12-31-21(14)22(26)23-17-7-5-16(6-8-17)15(2)24-25-32(27,28)20-10-9-18(29-3)13-19(20)30-4/h5-13,25H,1-4H3,(H,23,26)/b24-15+. The average Bonchev–Trinajstić information content (AvgIpc) is 3.23. The minimum absolute atomic E-state index is 0.0562. The molecule has 0 bridgehead atoms. The van der Waals surface area contributed by atoms with E-state index in [1.807, 2.05) is 18.4 Å². The predicted octanol–water partition coefficient (Wildman–Crippen LogP) is 4.03. The smallest absolute Gasteiger partial charge is 0.280 e. The maximum Gasteiger partial charge on any atom is 0.280 e. The van der Waals surface area contributed by atoms with Gasteiger partial charge in [0, 0.05) is 11.8 Å². The molecule has 8 nitrogen and oxygen atoms in total. The molecule has 3 aromatic rings. The minimum atomic E-state index is -3.96. The van der Waals surface area contributed by atoms with E-state index in [0.29, 0.717) is 27.6 Å². The van der Waals surface area contributed by atoms with Crippen molar-refractivity contribution >= 4 is 38.7 Å². The summed E-state index contributed by atoms with van der Waals surface area (Å²) in [5.74, 6) is 0.449. The van der Waals surface area contributed by atoms with Gasteiger partial charge in [0.25, 0.3) is 15.9 Å². The second kappa shape index (κ2) is 9.84. The predicted molar refractivity (Wildman–Crippen MR) is 126 cm³/mol. The van der Waals surface area contributed by atoms with Gasteiger partial charge < -0.3 is 14.8 Å². The Morgan fingerprint density at radius 1 is 1.03 bits per heavy atom. The number of benzene rings is 2. The van der Waals surface area contributed by atoms with Crippen molar-refractivity contribution in [3.05, 3.63) is 69.9 Å². The topological polar surface area (TPSA) is 106 Å². The zero-order valence-corrected chi connectivity index (χ0v) is 19.6. The van der Waals surface area contributed by atoms with Crippen molar-refractivity contribution in [2.24, 2.45) is 5.10 Å². The molecule has 2 aromatic carbocycles. The van der Waals surface area contributed by atoms with Crippen LogP contribution in [0, 0.1) is 6.92 Å². The molecule has 1 heterocycles. The van der Waals surface area contributed by atoms with Crippen LogP contribution in [0.5, 0.6) is 11.5 Å². The number of carbonyl (C=O) groups is 1. The van der Waals surface area contributed by atoms with Crippen molar-refractivity contribution in [2.45, 2.75) is 18.7 Å². The van der Waals surface area contributed by atoms with Crippen LogP contribution in [-0.4, -0.2) is 34.3 Å². The number of anilines is 1. The molecule has 0 atom stereocenters. The number of sulfonamides is 1. The highest BCUT2D eigenvalue weighted by atomic mass is 32.2. The van der Waals surface area contributed by atoms with Gasteiger partial charge in [-0.15, -0.1) is 11.3 Å². The number of aryl methyl sites for hydroxylation is 1. The summed E-state index contributed by atoms with van der Waals surface area (Å²) >= 11 is 1.38. The summed E-state index contributed by atoms with van der Waals surface area (Å²) < 4.78 is 35.6. The van der Waals surface area contributed by atoms with E-state index in [9.17, 15) is 13.2 Å². The Kier molecular flexibility index (Phi) is 7.16. The first-order valence-corrected chi connectivity index (χ1v) is 11.9. The number of nitrogens with one attached hydrogen (secondary N) is 2. The van der Waals surface area contributed by atoms with Crippen molar-refractivity contribution in [3.8, 4) is 11.5 Å². The summed E-state index contributed by atoms with van der Waals surface area (Å²) in [5.41, 5.74) is 2.70. The fourth-order valence-corrected chi connectivity index (χ4v) is 4.66. The van der Waals surface area contributed by atoms with E-state index >= 15 is 0 Å². The van der Waals surface area contributed by atoms with Crippen LogP contribution in [-0.2, 0) is 10.0 Å². The zero-order valence-electron chi connectivity index (χ0n) is 18.0. The Balaban J connectivity index is 1.72. The molecule has 0 aliphatic heterocycles. The van der Waals surface area contributed by atoms with Crippen molar-refractivity contribution in [1.29, 1.82) is 0 Å². The van der Waals surface area contributed by atoms with Crippen LogP contribution in [0.2, 0.25) is 0 Å². The van der Waals surface area contributed by atoms with E-state index in [1.54, 1.807) is 31.2 Å². The second-order valence-corrected chi connectivity index (χ2v) is 9.32. The van der Waals surface area contributed by atoms with Crippen LogP contribution >= 0.6 is 11.3 Å². The molecular formula is C22H23N3O5S2. The zero-order chi connectivity index (χ0) is 23.3.